The van der Waals surface area contributed by atoms with Crippen LogP contribution < -0.4 is 5.32 Å². The van der Waals surface area contributed by atoms with E-state index in [2.05, 4.69) is 32.8 Å². The number of piperidine rings is 1. The number of aromatic nitrogens is 2. The lowest BCUT2D eigenvalue weighted by atomic mass is 10.0. The van der Waals surface area contributed by atoms with Crippen molar-refractivity contribution in [3.05, 3.63) is 18.2 Å². The van der Waals surface area contributed by atoms with Gasteiger partial charge in [-0.15, -0.1) is 0 Å². The monoisotopic (exact) mass is 251 g/mol. The number of hydrogen-bond acceptors (Lipinski definition) is 3. The van der Waals surface area contributed by atoms with Gasteiger partial charge in [0.2, 0.25) is 0 Å². The molecule has 2 fully saturated rings. The van der Waals surface area contributed by atoms with Gasteiger partial charge in [0.25, 0.3) is 0 Å². The molecule has 1 N–H and O–H groups in total. The first kappa shape index (κ1) is 11.6. The second kappa shape index (κ2) is 5.44. The third-order valence-electron chi connectivity index (χ3n) is 3.95. The van der Waals surface area contributed by atoms with Crippen LogP contribution in [-0.2, 0) is 0 Å². The summed E-state index contributed by atoms with van der Waals surface area (Å²) in [6.07, 6.45) is 10.7. The summed E-state index contributed by atoms with van der Waals surface area (Å²) in [5.41, 5.74) is 1.42. The predicted octanol–water partition coefficient (Wildman–Crippen LogP) is 2.77. The normalized spacial score (nSPS) is 27.2. The highest BCUT2D eigenvalue weighted by Crippen LogP contribution is 2.31. The molecule has 0 bridgehead atoms. The summed E-state index contributed by atoms with van der Waals surface area (Å²) in [5.74, 6) is 2.61. The van der Waals surface area contributed by atoms with Gasteiger partial charge in [-0.3, -0.25) is 0 Å². The van der Waals surface area contributed by atoms with Crippen molar-refractivity contribution in [1.82, 2.24) is 14.9 Å². The summed E-state index contributed by atoms with van der Waals surface area (Å²) >= 11 is 2.09. The Bertz CT molecular complexity index is 319. The Kier molecular flexibility index (Phi) is 3.71. The molecular formula is C13H21N3S. The minimum absolute atomic E-state index is 0.542. The Morgan fingerprint density at radius 1 is 1.24 bits per heavy atom. The van der Waals surface area contributed by atoms with Crippen LogP contribution in [0.4, 0.5) is 0 Å². The molecule has 1 unspecified atom stereocenters. The lowest BCUT2D eigenvalue weighted by Crippen LogP contribution is -2.29. The molecule has 0 saturated carbocycles. The molecule has 0 spiro atoms. The third-order valence-corrected chi connectivity index (χ3v) is 5.00. The maximum absolute atomic E-state index is 4.39. The zero-order valence-electron chi connectivity index (χ0n) is 10.3. The lowest BCUT2D eigenvalue weighted by Gasteiger charge is -2.29. The highest BCUT2D eigenvalue weighted by atomic mass is 32.2. The summed E-state index contributed by atoms with van der Waals surface area (Å²) < 4.78 is 2.45. The summed E-state index contributed by atoms with van der Waals surface area (Å²) in [7, 11) is 0. The molecule has 1 aromatic heterocycles. The summed E-state index contributed by atoms with van der Waals surface area (Å²) in [4.78, 5) is 4.39. The number of nitrogens with zero attached hydrogens (tertiary/aromatic N) is 2. The van der Waals surface area contributed by atoms with Crippen molar-refractivity contribution >= 4 is 11.8 Å². The van der Waals surface area contributed by atoms with Gasteiger partial charge in [-0.05, 0) is 43.7 Å². The summed E-state index contributed by atoms with van der Waals surface area (Å²) in [6.45, 7) is 1.16. The molecule has 4 heteroatoms. The molecular weight excluding hydrogens is 230 g/mol. The van der Waals surface area contributed by atoms with Crippen molar-refractivity contribution in [3.63, 3.8) is 0 Å². The molecule has 2 aliphatic rings. The fourth-order valence-corrected chi connectivity index (χ4v) is 4.04. The van der Waals surface area contributed by atoms with Gasteiger partial charge in [-0.25, -0.2) is 4.98 Å². The first-order chi connectivity index (χ1) is 8.45. The van der Waals surface area contributed by atoms with Gasteiger partial charge in [0.15, 0.2) is 0 Å². The molecule has 0 radical (unpaired) electrons. The summed E-state index contributed by atoms with van der Waals surface area (Å²) in [6, 6.07) is 1.23. The number of rotatable bonds is 2. The largest absolute Gasteiger partial charge is 0.330 e. The number of nitrogens with one attached hydrogen (secondary N) is 1. The molecule has 1 aromatic rings. The van der Waals surface area contributed by atoms with Crippen molar-refractivity contribution in [3.8, 4) is 0 Å². The van der Waals surface area contributed by atoms with Crippen LogP contribution in [0.15, 0.2) is 12.5 Å². The Hall–Kier alpha value is -0.480. The van der Waals surface area contributed by atoms with E-state index in [4.69, 9.17) is 0 Å². The molecule has 3 nitrogen and oxygen atoms in total. The molecule has 3 rings (SSSR count). The maximum atomic E-state index is 4.39. The molecule has 0 amide bonds. The van der Waals surface area contributed by atoms with Crippen LogP contribution in [0.1, 0.15) is 49.9 Å². The third kappa shape index (κ3) is 2.52. The molecule has 94 valence electrons. The van der Waals surface area contributed by atoms with Gasteiger partial charge >= 0.3 is 0 Å². The van der Waals surface area contributed by atoms with E-state index in [-0.39, 0.29) is 0 Å². The molecule has 2 aliphatic heterocycles. The van der Waals surface area contributed by atoms with E-state index in [1.54, 1.807) is 0 Å². The minimum atomic E-state index is 0.542. The smallest absolute Gasteiger partial charge is 0.0951 e. The lowest BCUT2D eigenvalue weighted by molar-refractivity contribution is 0.370. The first-order valence-electron chi connectivity index (χ1n) is 6.78. The zero-order chi connectivity index (χ0) is 11.5. The van der Waals surface area contributed by atoms with Gasteiger partial charge < -0.3 is 9.88 Å². The van der Waals surface area contributed by atoms with Crippen molar-refractivity contribution in [2.45, 2.75) is 44.2 Å². The Labute approximate surface area is 107 Å². The summed E-state index contributed by atoms with van der Waals surface area (Å²) in [5, 5.41) is 3.63. The van der Waals surface area contributed by atoms with Crippen molar-refractivity contribution in [1.29, 1.82) is 0 Å². The highest BCUT2D eigenvalue weighted by Gasteiger charge is 2.23. The first-order valence-corrected chi connectivity index (χ1v) is 7.93. The van der Waals surface area contributed by atoms with Crippen LogP contribution in [-0.4, -0.2) is 27.6 Å². The van der Waals surface area contributed by atoms with Crippen molar-refractivity contribution < 1.29 is 0 Å². The van der Waals surface area contributed by atoms with Gasteiger partial charge in [0.05, 0.1) is 12.0 Å². The quantitative estimate of drug-likeness (QED) is 0.876. The highest BCUT2D eigenvalue weighted by molar-refractivity contribution is 7.99. The fourth-order valence-electron chi connectivity index (χ4n) is 2.96. The van der Waals surface area contributed by atoms with E-state index in [1.165, 1.54) is 49.3 Å². The van der Waals surface area contributed by atoms with E-state index >= 15 is 0 Å². The molecule has 2 saturated heterocycles. The topological polar surface area (TPSA) is 29.9 Å². The van der Waals surface area contributed by atoms with Gasteiger partial charge in [-0.1, -0.05) is 6.42 Å². The van der Waals surface area contributed by atoms with Crippen LogP contribution >= 0.6 is 11.8 Å². The Morgan fingerprint density at radius 3 is 2.88 bits per heavy atom. The number of thioether (sulfide) groups is 1. The van der Waals surface area contributed by atoms with Crippen molar-refractivity contribution in [2.24, 2.45) is 0 Å². The minimum Gasteiger partial charge on any atom is -0.330 e. The second-order valence-corrected chi connectivity index (χ2v) is 6.30. The van der Waals surface area contributed by atoms with Crippen LogP contribution in [0.3, 0.4) is 0 Å². The average Bonchev–Trinajstić information content (AvgIpc) is 2.90. The van der Waals surface area contributed by atoms with Gasteiger partial charge in [0.1, 0.15) is 0 Å². The van der Waals surface area contributed by atoms with E-state index in [0.29, 0.717) is 12.1 Å². The number of imidazole rings is 1. The van der Waals surface area contributed by atoms with Crippen LogP contribution in [0.2, 0.25) is 0 Å². The zero-order valence-corrected chi connectivity index (χ0v) is 11.1. The van der Waals surface area contributed by atoms with Crippen LogP contribution in [0.5, 0.6) is 0 Å². The van der Waals surface area contributed by atoms with Crippen molar-refractivity contribution in [2.75, 3.05) is 18.1 Å². The molecule has 3 heterocycles. The van der Waals surface area contributed by atoms with Gasteiger partial charge in [0, 0.05) is 18.3 Å². The fraction of sp³-hybridized carbons (Fsp3) is 0.769. The maximum Gasteiger partial charge on any atom is 0.0951 e. The van der Waals surface area contributed by atoms with E-state index < -0.39 is 0 Å². The van der Waals surface area contributed by atoms with Crippen LogP contribution in [0, 0.1) is 0 Å². The van der Waals surface area contributed by atoms with Gasteiger partial charge in [-0.2, -0.15) is 11.8 Å². The number of hydrogen-bond donors (Lipinski definition) is 1. The predicted molar refractivity (Wildman–Crippen MR) is 72.4 cm³/mol. The SMILES string of the molecule is c1ncn(C2CCSCC2)c1C1CCCCN1. The Balaban J connectivity index is 1.77. The molecule has 0 aromatic carbocycles. The second-order valence-electron chi connectivity index (χ2n) is 5.07. The molecule has 0 aliphatic carbocycles. The van der Waals surface area contributed by atoms with Crippen LogP contribution in [0.25, 0.3) is 0 Å². The molecule has 1 atom stereocenters. The van der Waals surface area contributed by atoms with E-state index in [1.807, 2.05) is 6.33 Å². The molecule has 17 heavy (non-hydrogen) atoms. The standard InChI is InChI=1S/C13H21N3S/c1-2-6-15-12(3-1)13-9-14-10-16(13)11-4-7-17-8-5-11/h9-12,15H,1-8H2. The van der Waals surface area contributed by atoms with E-state index in [9.17, 15) is 0 Å². The Morgan fingerprint density at radius 2 is 2.12 bits per heavy atom. The van der Waals surface area contributed by atoms with E-state index in [0.717, 1.165) is 6.54 Å². The average molecular weight is 251 g/mol.